The van der Waals surface area contributed by atoms with Gasteiger partial charge in [0.05, 0.1) is 0 Å². The average molecular weight is 374 g/mol. The molecule has 1 aromatic carbocycles. The second kappa shape index (κ2) is 6.67. The van der Waals surface area contributed by atoms with Gasteiger partial charge in [0.15, 0.2) is 0 Å². The minimum absolute atomic E-state index is 0. The Morgan fingerprint density at radius 2 is 2.19 bits per heavy atom. The monoisotopic (exact) mass is 372 g/mol. The van der Waals surface area contributed by atoms with Crippen LogP contribution in [0.4, 0.5) is 0 Å². The van der Waals surface area contributed by atoms with E-state index in [1.165, 1.54) is 5.56 Å². The lowest BCUT2D eigenvalue weighted by atomic mass is 10.1. The molecule has 4 unspecified atom stereocenters. The van der Waals surface area contributed by atoms with Crippen LogP contribution in [0.3, 0.4) is 0 Å². The fourth-order valence-corrected chi connectivity index (χ4v) is 3.82. The quantitative estimate of drug-likeness (QED) is 0.884. The molecule has 2 aliphatic rings. The Labute approximate surface area is 140 Å². The van der Waals surface area contributed by atoms with Crippen LogP contribution in [-0.2, 0) is 4.79 Å². The van der Waals surface area contributed by atoms with Gasteiger partial charge in [-0.15, -0.1) is 12.4 Å². The highest BCUT2D eigenvalue weighted by Gasteiger charge is 2.47. The van der Waals surface area contributed by atoms with E-state index in [0.717, 1.165) is 23.9 Å². The van der Waals surface area contributed by atoms with Crippen molar-refractivity contribution in [3.63, 3.8) is 0 Å². The number of halogens is 2. The fraction of sp³-hybridized carbons (Fsp3) is 0.562. The van der Waals surface area contributed by atoms with Gasteiger partial charge in [-0.2, -0.15) is 0 Å². The van der Waals surface area contributed by atoms with Crippen molar-refractivity contribution >= 4 is 34.2 Å². The second-order valence-electron chi connectivity index (χ2n) is 6.18. The van der Waals surface area contributed by atoms with Crippen molar-refractivity contribution in [2.45, 2.75) is 31.7 Å². The van der Waals surface area contributed by atoms with Crippen molar-refractivity contribution in [1.29, 1.82) is 0 Å². The number of nitrogens with zero attached hydrogens (tertiary/aromatic N) is 1. The number of nitrogens with two attached hydrogens (primary N) is 1. The summed E-state index contributed by atoms with van der Waals surface area (Å²) in [5.74, 6) is 1.41. The molecule has 0 bridgehead atoms. The van der Waals surface area contributed by atoms with E-state index in [-0.39, 0.29) is 18.3 Å². The number of carbonyl (C=O) groups is 1. The summed E-state index contributed by atoms with van der Waals surface area (Å²) in [5.41, 5.74) is 7.02. The predicted octanol–water partition coefficient (Wildman–Crippen LogP) is 3.17. The Balaban J connectivity index is 0.00000161. The highest BCUT2D eigenvalue weighted by Crippen LogP contribution is 2.49. The van der Waals surface area contributed by atoms with E-state index in [0.29, 0.717) is 30.3 Å². The number of likely N-dealkylation sites (tertiary alicyclic amines) is 1. The summed E-state index contributed by atoms with van der Waals surface area (Å²) in [6.07, 6.45) is 2.04. The average Bonchev–Trinajstić information content (AvgIpc) is 3.15. The van der Waals surface area contributed by atoms with Crippen LogP contribution in [0.5, 0.6) is 0 Å². The third-order valence-electron chi connectivity index (χ3n) is 4.66. The predicted molar refractivity (Wildman–Crippen MR) is 90.6 cm³/mol. The summed E-state index contributed by atoms with van der Waals surface area (Å²) in [6.45, 7) is 3.68. The first kappa shape index (κ1) is 16.8. The molecule has 1 amide bonds. The molecule has 2 fully saturated rings. The third-order valence-corrected chi connectivity index (χ3v) is 5.16. The van der Waals surface area contributed by atoms with Crippen molar-refractivity contribution < 1.29 is 4.79 Å². The van der Waals surface area contributed by atoms with Gasteiger partial charge in [-0.3, -0.25) is 4.79 Å². The first-order chi connectivity index (χ1) is 9.60. The lowest BCUT2D eigenvalue weighted by molar-refractivity contribution is -0.133. The minimum Gasteiger partial charge on any atom is -0.339 e. The summed E-state index contributed by atoms with van der Waals surface area (Å²) < 4.78 is 1.09. The van der Waals surface area contributed by atoms with Crippen LogP contribution in [0.1, 0.15) is 31.2 Å². The highest BCUT2D eigenvalue weighted by molar-refractivity contribution is 9.10. The van der Waals surface area contributed by atoms with Crippen LogP contribution in [0.15, 0.2) is 28.7 Å². The number of carbonyl (C=O) groups excluding carboxylic acids is 1. The molecule has 1 aliphatic heterocycles. The smallest absolute Gasteiger partial charge is 0.226 e. The summed E-state index contributed by atoms with van der Waals surface area (Å²) in [7, 11) is 0. The zero-order chi connectivity index (χ0) is 14.3. The van der Waals surface area contributed by atoms with Gasteiger partial charge in [0.1, 0.15) is 0 Å². The van der Waals surface area contributed by atoms with E-state index in [1.54, 1.807) is 0 Å². The minimum atomic E-state index is 0. The molecule has 1 aromatic rings. The van der Waals surface area contributed by atoms with Crippen molar-refractivity contribution in [3.8, 4) is 0 Å². The standard InChI is InChI=1S/C16H21BrN2O.ClH/c1-10-5-11(8-18)9-19(10)16(20)15-7-14(15)12-3-2-4-13(17)6-12;/h2-4,6,10-11,14-15H,5,7-9,18H2,1H3;1H. The molecule has 5 heteroatoms. The van der Waals surface area contributed by atoms with Crippen LogP contribution in [0.2, 0.25) is 0 Å². The van der Waals surface area contributed by atoms with Crippen molar-refractivity contribution in [1.82, 2.24) is 4.90 Å². The van der Waals surface area contributed by atoms with Gasteiger partial charge in [-0.05, 0) is 55.8 Å². The van der Waals surface area contributed by atoms with Crippen LogP contribution >= 0.6 is 28.3 Å². The lowest BCUT2D eigenvalue weighted by Crippen LogP contribution is -2.35. The molecule has 2 N–H and O–H groups in total. The third kappa shape index (κ3) is 3.43. The van der Waals surface area contributed by atoms with Gasteiger partial charge in [0.2, 0.25) is 5.91 Å². The number of amides is 1. The topological polar surface area (TPSA) is 46.3 Å². The van der Waals surface area contributed by atoms with E-state index < -0.39 is 0 Å². The van der Waals surface area contributed by atoms with Gasteiger partial charge < -0.3 is 10.6 Å². The maximum absolute atomic E-state index is 12.6. The summed E-state index contributed by atoms with van der Waals surface area (Å²) in [6, 6.07) is 8.67. The first-order valence-electron chi connectivity index (χ1n) is 7.36. The molecule has 116 valence electrons. The summed E-state index contributed by atoms with van der Waals surface area (Å²) in [5, 5.41) is 0. The molecule has 1 aliphatic carbocycles. The molecule has 0 radical (unpaired) electrons. The Morgan fingerprint density at radius 3 is 2.81 bits per heavy atom. The molecule has 3 nitrogen and oxygen atoms in total. The van der Waals surface area contributed by atoms with Gasteiger partial charge in [0, 0.05) is 23.0 Å². The van der Waals surface area contributed by atoms with E-state index in [2.05, 4.69) is 39.9 Å². The largest absolute Gasteiger partial charge is 0.339 e. The van der Waals surface area contributed by atoms with Gasteiger partial charge in [-0.25, -0.2) is 0 Å². The van der Waals surface area contributed by atoms with Crippen molar-refractivity contribution in [3.05, 3.63) is 34.3 Å². The van der Waals surface area contributed by atoms with Crippen LogP contribution < -0.4 is 5.73 Å². The van der Waals surface area contributed by atoms with E-state index in [1.807, 2.05) is 12.1 Å². The molecule has 21 heavy (non-hydrogen) atoms. The molecule has 0 aromatic heterocycles. The van der Waals surface area contributed by atoms with Crippen LogP contribution in [-0.4, -0.2) is 29.9 Å². The fourth-order valence-electron chi connectivity index (χ4n) is 3.41. The zero-order valence-electron chi connectivity index (χ0n) is 12.2. The number of hydrogen-bond acceptors (Lipinski definition) is 2. The Bertz CT molecular complexity index is 525. The molecule has 0 spiro atoms. The maximum atomic E-state index is 12.6. The molecule has 3 rings (SSSR count). The highest BCUT2D eigenvalue weighted by atomic mass is 79.9. The zero-order valence-corrected chi connectivity index (χ0v) is 14.6. The lowest BCUT2D eigenvalue weighted by Gasteiger charge is -2.21. The molecule has 4 atom stereocenters. The Hall–Kier alpha value is -0.580. The summed E-state index contributed by atoms with van der Waals surface area (Å²) in [4.78, 5) is 14.7. The molecular weight excluding hydrogens is 352 g/mol. The van der Waals surface area contributed by atoms with E-state index >= 15 is 0 Å². The SMILES string of the molecule is CC1CC(CN)CN1C(=O)C1CC1c1cccc(Br)c1.Cl. The van der Waals surface area contributed by atoms with E-state index in [9.17, 15) is 4.79 Å². The second-order valence-corrected chi connectivity index (χ2v) is 7.10. The number of benzene rings is 1. The van der Waals surface area contributed by atoms with Gasteiger partial charge in [-0.1, -0.05) is 28.1 Å². The molecular formula is C16H22BrClN2O. The van der Waals surface area contributed by atoms with Gasteiger partial charge >= 0.3 is 0 Å². The van der Waals surface area contributed by atoms with Crippen molar-refractivity contribution in [2.75, 3.05) is 13.1 Å². The molecule has 1 saturated heterocycles. The normalized spacial score (nSPS) is 30.9. The summed E-state index contributed by atoms with van der Waals surface area (Å²) >= 11 is 3.50. The van der Waals surface area contributed by atoms with Crippen LogP contribution in [0, 0.1) is 11.8 Å². The Morgan fingerprint density at radius 1 is 1.43 bits per heavy atom. The first-order valence-corrected chi connectivity index (χ1v) is 8.15. The Kier molecular flexibility index (Phi) is 5.33. The van der Waals surface area contributed by atoms with Crippen molar-refractivity contribution in [2.24, 2.45) is 17.6 Å². The van der Waals surface area contributed by atoms with Crippen LogP contribution in [0.25, 0.3) is 0 Å². The number of rotatable bonds is 3. The maximum Gasteiger partial charge on any atom is 0.226 e. The molecule has 1 heterocycles. The number of hydrogen-bond donors (Lipinski definition) is 1. The van der Waals surface area contributed by atoms with E-state index in [4.69, 9.17) is 5.73 Å². The van der Waals surface area contributed by atoms with Gasteiger partial charge in [0.25, 0.3) is 0 Å². The molecule has 1 saturated carbocycles.